The summed E-state index contributed by atoms with van der Waals surface area (Å²) in [6, 6.07) is 5.56. The maximum absolute atomic E-state index is 10.5. The molecular formula is C14H20O4. The summed E-state index contributed by atoms with van der Waals surface area (Å²) in [5.74, 6) is 0.621. The molecule has 0 radical (unpaired) electrons. The molecule has 0 atom stereocenters. The third-order valence-corrected chi connectivity index (χ3v) is 2.57. The maximum atomic E-state index is 10.5. The van der Waals surface area contributed by atoms with Crippen molar-refractivity contribution < 1.29 is 19.4 Å². The van der Waals surface area contributed by atoms with Crippen LogP contribution in [0, 0.1) is 0 Å². The van der Waals surface area contributed by atoms with Gasteiger partial charge in [0.2, 0.25) is 0 Å². The Morgan fingerprint density at radius 2 is 2.00 bits per heavy atom. The molecule has 0 unspecified atom stereocenters. The zero-order valence-electron chi connectivity index (χ0n) is 11.3. The van der Waals surface area contributed by atoms with Crippen molar-refractivity contribution in [2.24, 2.45) is 0 Å². The number of ether oxygens (including phenoxy) is 2. The lowest BCUT2D eigenvalue weighted by Gasteiger charge is -2.23. The second-order valence-corrected chi connectivity index (χ2v) is 5.10. The molecule has 4 nitrogen and oxygen atoms in total. The predicted molar refractivity (Wildman–Crippen MR) is 69.4 cm³/mol. The van der Waals surface area contributed by atoms with Gasteiger partial charge in [0.15, 0.2) is 0 Å². The van der Waals surface area contributed by atoms with Gasteiger partial charge in [0.1, 0.15) is 11.5 Å². The van der Waals surface area contributed by atoms with Crippen molar-refractivity contribution in [1.82, 2.24) is 0 Å². The quantitative estimate of drug-likeness (QED) is 0.875. The van der Waals surface area contributed by atoms with Crippen LogP contribution in [-0.4, -0.2) is 24.8 Å². The van der Waals surface area contributed by atoms with E-state index in [1.165, 1.54) is 0 Å². The number of carboxylic acid groups (broad SMARTS) is 1. The van der Waals surface area contributed by atoms with E-state index in [0.29, 0.717) is 5.75 Å². The summed E-state index contributed by atoms with van der Waals surface area (Å²) in [6.07, 6.45) is -0.00435. The number of methoxy groups -OCH3 is 1. The fraction of sp³-hybridized carbons (Fsp3) is 0.500. The Labute approximate surface area is 108 Å². The van der Waals surface area contributed by atoms with E-state index in [1.807, 2.05) is 18.2 Å². The first-order valence-corrected chi connectivity index (χ1v) is 5.87. The molecule has 0 saturated heterocycles. The average Bonchev–Trinajstić information content (AvgIpc) is 2.27. The van der Waals surface area contributed by atoms with Gasteiger partial charge in [-0.15, -0.1) is 0 Å². The first-order chi connectivity index (χ1) is 8.34. The molecule has 4 heteroatoms. The number of carbonyl (C=O) groups is 1. The third-order valence-electron chi connectivity index (χ3n) is 2.57. The van der Waals surface area contributed by atoms with Crippen LogP contribution in [0.4, 0.5) is 0 Å². The Bertz CT molecular complexity index is 418. The number of hydrogen-bond donors (Lipinski definition) is 1. The van der Waals surface area contributed by atoms with Gasteiger partial charge in [0.25, 0.3) is 0 Å². The zero-order valence-corrected chi connectivity index (χ0v) is 11.3. The number of carboxylic acids is 1. The normalized spacial score (nSPS) is 11.1. The summed E-state index contributed by atoms with van der Waals surface area (Å²) in [5, 5.41) is 8.60. The third kappa shape index (κ3) is 3.95. The van der Waals surface area contributed by atoms with E-state index in [4.69, 9.17) is 14.6 Å². The van der Waals surface area contributed by atoms with Crippen molar-refractivity contribution in [2.45, 2.75) is 32.6 Å². The van der Waals surface area contributed by atoms with Crippen LogP contribution in [0.1, 0.15) is 32.8 Å². The highest BCUT2D eigenvalue weighted by Gasteiger charge is 2.20. The van der Waals surface area contributed by atoms with E-state index >= 15 is 0 Å². The van der Waals surface area contributed by atoms with Gasteiger partial charge in [-0.2, -0.15) is 0 Å². The second-order valence-electron chi connectivity index (χ2n) is 5.10. The van der Waals surface area contributed by atoms with Crippen LogP contribution in [0.5, 0.6) is 11.5 Å². The minimum absolute atomic E-state index is 0.00435. The first-order valence-electron chi connectivity index (χ1n) is 5.87. The van der Waals surface area contributed by atoms with Gasteiger partial charge in [-0.3, -0.25) is 4.79 Å². The first kappa shape index (κ1) is 14.4. The highest BCUT2D eigenvalue weighted by molar-refractivity contribution is 5.66. The summed E-state index contributed by atoms with van der Waals surface area (Å²) in [6.45, 7) is 6.40. The highest BCUT2D eigenvalue weighted by atomic mass is 16.5. The van der Waals surface area contributed by atoms with E-state index in [0.717, 1.165) is 11.3 Å². The van der Waals surface area contributed by atoms with E-state index in [9.17, 15) is 4.79 Å². The number of benzene rings is 1. The number of rotatable bonds is 5. The Balaban J connectivity index is 2.92. The van der Waals surface area contributed by atoms with Gasteiger partial charge in [-0.05, 0) is 23.6 Å². The molecule has 1 aromatic carbocycles. The summed E-state index contributed by atoms with van der Waals surface area (Å²) in [4.78, 5) is 10.5. The molecule has 0 heterocycles. The molecule has 0 amide bonds. The van der Waals surface area contributed by atoms with Crippen LogP contribution in [0.2, 0.25) is 0 Å². The molecule has 100 valence electrons. The molecule has 0 spiro atoms. The minimum Gasteiger partial charge on any atom is -0.497 e. The lowest BCUT2D eigenvalue weighted by molar-refractivity contribution is -0.137. The van der Waals surface area contributed by atoms with Crippen molar-refractivity contribution in [1.29, 1.82) is 0 Å². The molecule has 0 bridgehead atoms. The zero-order chi connectivity index (χ0) is 13.8. The van der Waals surface area contributed by atoms with E-state index in [1.54, 1.807) is 7.11 Å². The second kappa shape index (κ2) is 5.76. The van der Waals surface area contributed by atoms with E-state index < -0.39 is 5.97 Å². The fourth-order valence-electron chi connectivity index (χ4n) is 1.60. The summed E-state index contributed by atoms with van der Waals surface area (Å²) in [5.41, 5.74) is 0.917. The molecule has 0 aliphatic carbocycles. The van der Waals surface area contributed by atoms with Crippen molar-refractivity contribution in [3.05, 3.63) is 23.8 Å². The van der Waals surface area contributed by atoms with E-state index in [2.05, 4.69) is 20.8 Å². The van der Waals surface area contributed by atoms with Crippen LogP contribution in [0.15, 0.2) is 18.2 Å². The van der Waals surface area contributed by atoms with Crippen molar-refractivity contribution in [2.75, 3.05) is 13.7 Å². The van der Waals surface area contributed by atoms with Gasteiger partial charge < -0.3 is 14.6 Å². The molecule has 1 rings (SSSR count). The smallest absolute Gasteiger partial charge is 0.306 e. The molecule has 0 aromatic heterocycles. The summed E-state index contributed by atoms with van der Waals surface area (Å²) < 4.78 is 10.7. The molecule has 18 heavy (non-hydrogen) atoms. The molecule has 1 N–H and O–H groups in total. The maximum Gasteiger partial charge on any atom is 0.306 e. The standard InChI is InChI=1S/C14H20O4/c1-14(2,3)11-9-10(17-4)5-6-12(11)18-8-7-13(15)16/h5-6,9H,7-8H2,1-4H3,(H,15,16). The van der Waals surface area contributed by atoms with Gasteiger partial charge in [-0.25, -0.2) is 0 Å². The van der Waals surface area contributed by atoms with Gasteiger partial charge in [0.05, 0.1) is 20.1 Å². The van der Waals surface area contributed by atoms with Gasteiger partial charge in [-0.1, -0.05) is 20.8 Å². The Morgan fingerprint density at radius 3 is 2.50 bits per heavy atom. The van der Waals surface area contributed by atoms with Crippen molar-refractivity contribution >= 4 is 5.97 Å². The molecular weight excluding hydrogens is 232 g/mol. The molecule has 0 aliphatic rings. The van der Waals surface area contributed by atoms with Crippen molar-refractivity contribution in [3.8, 4) is 11.5 Å². The molecule has 0 aliphatic heterocycles. The summed E-state index contributed by atoms with van der Waals surface area (Å²) >= 11 is 0. The Hall–Kier alpha value is -1.71. The van der Waals surface area contributed by atoms with Crippen LogP contribution in [-0.2, 0) is 10.2 Å². The summed E-state index contributed by atoms with van der Waals surface area (Å²) in [7, 11) is 1.62. The van der Waals surface area contributed by atoms with Crippen LogP contribution in [0.25, 0.3) is 0 Å². The number of hydrogen-bond acceptors (Lipinski definition) is 3. The topological polar surface area (TPSA) is 55.8 Å². The minimum atomic E-state index is -0.860. The molecule has 0 saturated carbocycles. The van der Waals surface area contributed by atoms with Gasteiger partial charge >= 0.3 is 5.97 Å². The Kier molecular flexibility index (Phi) is 4.59. The molecule has 0 fully saturated rings. The Morgan fingerprint density at radius 1 is 1.33 bits per heavy atom. The SMILES string of the molecule is COc1ccc(OCCC(=O)O)c(C(C)(C)C)c1. The van der Waals surface area contributed by atoms with E-state index in [-0.39, 0.29) is 18.4 Å². The largest absolute Gasteiger partial charge is 0.497 e. The lowest BCUT2D eigenvalue weighted by Crippen LogP contribution is -2.15. The van der Waals surface area contributed by atoms with Crippen LogP contribution < -0.4 is 9.47 Å². The average molecular weight is 252 g/mol. The van der Waals surface area contributed by atoms with Gasteiger partial charge in [0, 0.05) is 5.56 Å². The monoisotopic (exact) mass is 252 g/mol. The highest BCUT2D eigenvalue weighted by Crippen LogP contribution is 2.34. The fourth-order valence-corrected chi connectivity index (χ4v) is 1.60. The lowest BCUT2D eigenvalue weighted by atomic mass is 9.86. The predicted octanol–water partition coefficient (Wildman–Crippen LogP) is 2.85. The van der Waals surface area contributed by atoms with Crippen molar-refractivity contribution in [3.63, 3.8) is 0 Å². The van der Waals surface area contributed by atoms with Crippen LogP contribution in [0.3, 0.4) is 0 Å². The molecule has 1 aromatic rings. The van der Waals surface area contributed by atoms with Crippen LogP contribution >= 0.6 is 0 Å². The number of aliphatic carboxylic acids is 1.